The number of amides is 2. The van der Waals surface area contributed by atoms with Crippen molar-refractivity contribution in [3.63, 3.8) is 0 Å². The van der Waals surface area contributed by atoms with E-state index in [9.17, 15) is 42.7 Å². The molecule has 3 unspecified atom stereocenters. The zero-order valence-corrected chi connectivity index (χ0v) is 69.3. The summed E-state index contributed by atoms with van der Waals surface area (Å²) in [6.07, 6.45) is -0.0559. The van der Waals surface area contributed by atoms with Gasteiger partial charge >= 0.3 is 30.0 Å². The highest BCUT2D eigenvalue weighted by atomic mass is 35.5. The molecule has 2 amide bonds. The van der Waals surface area contributed by atoms with Crippen molar-refractivity contribution in [2.75, 3.05) is 155 Å². The molecular weight excluding hydrogens is 1470 g/mol. The number of hydrogen-bond donors (Lipinski definition) is 4. The summed E-state index contributed by atoms with van der Waals surface area (Å²) in [6, 6.07) is 29.6. The number of rotatable bonds is 26. The molecule has 4 N–H and O–H groups in total. The van der Waals surface area contributed by atoms with Crippen LogP contribution < -0.4 is 20.0 Å². The summed E-state index contributed by atoms with van der Waals surface area (Å²) in [7, 11) is 11.3. The van der Waals surface area contributed by atoms with E-state index in [-0.39, 0.29) is 96.2 Å². The molecule has 608 valence electrons. The Morgan fingerprint density at radius 1 is 0.486 bits per heavy atom. The van der Waals surface area contributed by atoms with Crippen molar-refractivity contribution in [2.24, 2.45) is 29.6 Å². The van der Waals surface area contributed by atoms with Gasteiger partial charge in [0.2, 0.25) is 5.91 Å². The Morgan fingerprint density at radius 3 is 1.17 bits per heavy atom. The summed E-state index contributed by atoms with van der Waals surface area (Å²) in [5, 5.41) is 31.9. The van der Waals surface area contributed by atoms with Crippen LogP contribution in [0.2, 0.25) is 10.0 Å². The second-order valence-corrected chi connectivity index (χ2v) is 31.3. The van der Waals surface area contributed by atoms with Gasteiger partial charge in [0.25, 0.3) is 0 Å². The zero-order valence-electron chi connectivity index (χ0n) is 67.0. The fraction of sp³-hybridized carbons (Fsp3) is 0.561. The highest BCUT2D eigenvalue weighted by molar-refractivity contribution is 6.30. The van der Waals surface area contributed by atoms with Gasteiger partial charge in [0.05, 0.1) is 48.3 Å². The lowest BCUT2D eigenvalue weighted by molar-refractivity contribution is -0.153. The van der Waals surface area contributed by atoms with Gasteiger partial charge in [-0.2, -0.15) is 0 Å². The maximum absolute atomic E-state index is 15.2. The van der Waals surface area contributed by atoms with Gasteiger partial charge in [0.1, 0.15) is 35.3 Å². The lowest BCUT2D eigenvalue weighted by Crippen LogP contribution is -2.50. The number of carboxylic acids is 2. The summed E-state index contributed by atoms with van der Waals surface area (Å²) in [5.74, 6) is -3.39. The standard InChI is InChI=1S/C29H39ClFN3O3.C19H30FN3O2.C19H29FN2O3.C10H11ClO2.C5H11NO2.ClH/c1-20(2)28(37-26(35)13-14-32(4)5)24-7-6-8-25(31)27(24)33-15-17-34(18-16-33)29(36)21(3)19-22-9-11-23(30)12-10-22;1-14(2)19(25-17(24)8-11-22(3)4)15-6-5-7-16(20)18(15)23-12-9-21-10-13-23;1-13(2)17(23)14-7-6-8-15(20)16(14)21-9-11-22(12-10-21)18(24)25-19(3,4)5;1-7(10(12)13)6-8-2-4-9(11)5-3-8;1-6(2)4-3-5(7)8;/h6-12,20-21,28H,13-19H2,1-5H3;5-7,14,19,21H,8-13H2,1-4H3;6-8,13,17,23H,9-12H2,1-5H3;2-5,7H,6H2,1H3,(H,12,13);3-4H2,1-2H3,(H,7,8);1H/t21-,28?;;;7-;;/m1..1../s1. The number of esters is 2. The first-order chi connectivity index (χ1) is 50.8. The van der Waals surface area contributed by atoms with Crippen LogP contribution in [0, 0.1) is 47.0 Å². The predicted molar refractivity (Wildman–Crippen MR) is 431 cm³/mol. The van der Waals surface area contributed by atoms with Gasteiger partial charge in [-0.25, -0.2) is 18.0 Å². The molecule has 0 saturated carbocycles. The van der Waals surface area contributed by atoms with E-state index in [1.165, 1.54) is 18.2 Å². The van der Waals surface area contributed by atoms with Crippen LogP contribution in [0.15, 0.2) is 103 Å². The normalized spacial score (nSPS) is 15.2. The Balaban J connectivity index is 0.000000379. The number of carboxylic acid groups (broad SMARTS) is 2. The fourth-order valence-corrected chi connectivity index (χ4v) is 12.3. The van der Waals surface area contributed by atoms with E-state index in [2.05, 4.69) is 5.32 Å². The summed E-state index contributed by atoms with van der Waals surface area (Å²) < 4.78 is 61.4. The van der Waals surface area contributed by atoms with Gasteiger partial charge in [-0.1, -0.05) is 139 Å². The van der Waals surface area contributed by atoms with Crippen molar-refractivity contribution in [1.29, 1.82) is 0 Å². The van der Waals surface area contributed by atoms with Crippen LogP contribution in [0.5, 0.6) is 0 Å². The maximum Gasteiger partial charge on any atom is 0.410 e. The van der Waals surface area contributed by atoms with Crippen LogP contribution in [0.3, 0.4) is 0 Å². The van der Waals surface area contributed by atoms with Gasteiger partial charge in [-0.3, -0.25) is 24.0 Å². The molecule has 3 saturated heterocycles. The number of nitrogens with zero attached hydrogens (tertiary/aromatic N) is 8. The Hall–Kier alpha value is -7.42. The number of aliphatic hydroxyl groups is 1. The number of nitrogens with one attached hydrogen (secondary N) is 1. The Kier molecular flexibility index (Phi) is 41.9. The third-order valence-corrected chi connectivity index (χ3v) is 18.5. The molecular formula is C82H121Cl3F3N9O12. The topological polar surface area (TPSA) is 229 Å². The second kappa shape index (κ2) is 47.7. The number of piperazine rings is 3. The van der Waals surface area contributed by atoms with E-state index in [1.54, 1.807) is 48.2 Å². The molecule has 0 aliphatic carbocycles. The van der Waals surface area contributed by atoms with E-state index in [4.69, 9.17) is 47.6 Å². The van der Waals surface area contributed by atoms with Crippen molar-refractivity contribution in [1.82, 2.24) is 29.8 Å². The molecule has 5 atom stereocenters. The van der Waals surface area contributed by atoms with Crippen LogP contribution >= 0.6 is 35.6 Å². The molecule has 5 aromatic rings. The first-order valence-corrected chi connectivity index (χ1v) is 38.1. The average molecular weight is 1590 g/mol. The van der Waals surface area contributed by atoms with E-state index >= 15 is 4.39 Å². The molecule has 0 radical (unpaired) electrons. The number of para-hydroxylation sites is 3. The molecule has 109 heavy (non-hydrogen) atoms. The van der Waals surface area contributed by atoms with Crippen molar-refractivity contribution >= 4 is 88.5 Å². The van der Waals surface area contributed by atoms with Crippen molar-refractivity contribution in [3.8, 4) is 0 Å². The van der Waals surface area contributed by atoms with Crippen LogP contribution in [0.4, 0.5) is 35.0 Å². The lowest BCUT2D eigenvalue weighted by Gasteiger charge is -2.39. The van der Waals surface area contributed by atoms with Crippen LogP contribution in [0.25, 0.3) is 0 Å². The number of aliphatic hydroxyl groups excluding tert-OH is 1. The molecule has 0 spiro atoms. The van der Waals surface area contributed by atoms with Crippen LogP contribution in [0.1, 0.15) is 142 Å². The summed E-state index contributed by atoms with van der Waals surface area (Å²) >= 11 is 11.7. The number of hydrogen-bond acceptors (Lipinski definition) is 17. The average Bonchev–Trinajstić information content (AvgIpc) is 0.803. The number of benzene rings is 5. The summed E-state index contributed by atoms with van der Waals surface area (Å²) in [6.45, 7) is 29.8. The molecule has 3 aliphatic rings. The first kappa shape index (κ1) is 95.8. The van der Waals surface area contributed by atoms with Crippen LogP contribution in [-0.2, 0) is 51.0 Å². The largest absolute Gasteiger partial charge is 0.481 e. The molecule has 5 aromatic carbocycles. The number of carbonyl (C=O) groups is 6. The van der Waals surface area contributed by atoms with E-state index in [0.29, 0.717) is 129 Å². The molecule has 3 heterocycles. The second-order valence-electron chi connectivity index (χ2n) is 30.4. The minimum Gasteiger partial charge on any atom is -0.481 e. The number of ether oxygens (including phenoxy) is 3. The quantitative estimate of drug-likeness (QED) is 0.0298. The van der Waals surface area contributed by atoms with Crippen molar-refractivity contribution < 1.29 is 71.5 Å². The molecule has 0 aromatic heterocycles. The highest BCUT2D eigenvalue weighted by Crippen LogP contribution is 2.39. The Labute approximate surface area is 661 Å². The molecule has 8 rings (SSSR count). The highest BCUT2D eigenvalue weighted by Gasteiger charge is 2.34. The van der Waals surface area contributed by atoms with Gasteiger partial charge in [-0.15, -0.1) is 12.4 Å². The van der Waals surface area contributed by atoms with Gasteiger partial charge in [0.15, 0.2) is 0 Å². The first-order valence-electron chi connectivity index (χ1n) is 37.3. The van der Waals surface area contributed by atoms with E-state index < -0.39 is 35.9 Å². The number of aliphatic carboxylic acids is 2. The fourth-order valence-electron chi connectivity index (χ4n) is 12.0. The van der Waals surface area contributed by atoms with Crippen molar-refractivity contribution in [3.05, 3.63) is 158 Å². The molecule has 0 bridgehead atoms. The monoisotopic (exact) mass is 1590 g/mol. The zero-order chi connectivity index (χ0) is 80.7. The van der Waals surface area contributed by atoms with Crippen LogP contribution in [-0.4, -0.2) is 222 Å². The van der Waals surface area contributed by atoms with Crippen molar-refractivity contribution in [2.45, 2.75) is 132 Å². The minimum absolute atomic E-state index is 0. The summed E-state index contributed by atoms with van der Waals surface area (Å²) in [5.41, 5.74) is 5.03. The molecule has 21 nitrogen and oxygen atoms in total. The van der Waals surface area contributed by atoms with E-state index in [0.717, 1.165) is 42.9 Å². The SMILES string of the molecule is CC(C)C(O)c1cccc(F)c1N1CCN(C(=O)OC(C)(C)C)CC1.CC(C)C(OC(=O)CCN(C)C)c1cccc(F)c1N1CCN(C(=O)[C@H](C)Cc2ccc(Cl)cc2)CC1.CC(C)C(OC(=O)CCN(C)C)c1cccc(F)c1N1CCNCC1.CN(C)CCC(=O)O.C[C@H](Cc1ccc(Cl)cc1)C(=O)O.Cl. The smallest absolute Gasteiger partial charge is 0.410 e. The number of halogens is 6. The van der Waals surface area contributed by atoms with Gasteiger partial charge < -0.3 is 74.0 Å². The molecule has 3 aliphatic heterocycles. The summed E-state index contributed by atoms with van der Waals surface area (Å²) in [4.78, 5) is 85.6. The lowest BCUT2D eigenvalue weighted by atomic mass is 9.95. The van der Waals surface area contributed by atoms with Gasteiger partial charge in [0, 0.05) is 131 Å². The van der Waals surface area contributed by atoms with E-state index in [1.807, 2.05) is 194 Å². The Morgan fingerprint density at radius 2 is 0.835 bits per heavy atom. The number of carbonyl (C=O) groups excluding carboxylic acids is 4. The third kappa shape index (κ3) is 33.6. The number of anilines is 3. The third-order valence-electron chi connectivity index (χ3n) is 18.0. The minimum atomic E-state index is -0.769. The predicted octanol–water partition coefficient (Wildman–Crippen LogP) is 14.2. The Bertz CT molecular complexity index is 3590. The molecule has 27 heteroatoms. The maximum atomic E-state index is 15.2. The molecule has 3 fully saturated rings. The van der Waals surface area contributed by atoms with Gasteiger partial charge in [-0.05, 0) is 147 Å².